The molecular weight excluding hydrogens is 400 g/mol. The van der Waals surface area contributed by atoms with E-state index in [1.165, 1.54) is 54.8 Å². The Hall–Kier alpha value is -3.50. The molecule has 1 N–H and O–H groups in total. The second-order valence-corrected chi connectivity index (χ2v) is 7.70. The molecule has 150 valence electrons. The van der Waals surface area contributed by atoms with Gasteiger partial charge in [0.2, 0.25) is 10.0 Å². The van der Waals surface area contributed by atoms with Crippen LogP contribution in [0.3, 0.4) is 0 Å². The average Bonchev–Trinajstić information content (AvgIpc) is 3.25. The van der Waals surface area contributed by atoms with Crippen molar-refractivity contribution < 1.29 is 27.3 Å². The van der Waals surface area contributed by atoms with E-state index in [1.807, 2.05) is 0 Å². The molecule has 1 heterocycles. The third kappa shape index (κ3) is 5.27. The van der Waals surface area contributed by atoms with Crippen LogP contribution in [0.1, 0.15) is 21.7 Å². The molecule has 0 atom stereocenters. The molecule has 0 fully saturated rings. The van der Waals surface area contributed by atoms with E-state index >= 15 is 0 Å². The molecule has 0 spiro atoms. The Balaban J connectivity index is 1.64. The van der Waals surface area contributed by atoms with Gasteiger partial charge in [0.05, 0.1) is 28.2 Å². The van der Waals surface area contributed by atoms with Crippen LogP contribution < -0.4 is 4.72 Å². The van der Waals surface area contributed by atoms with Crippen molar-refractivity contribution >= 4 is 21.7 Å². The number of hydrogen-bond acceptors (Lipinski definition) is 7. The van der Waals surface area contributed by atoms with Gasteiger partial charge in [-0.2, -0.15) is 0 Å². The van der Waals surface area contributed by atoms with Gasteiger partial charge in [0, 0.05) is 12.1 Å². The fourth-order valence-corrected chi connectivity index (χ4v) is 3.44. The van der Waals surface area contributed by atoms with E-state index in [0.717, 1.165) is 0 Å². The van der Waals surface area contributed by atoms with E-state index < -0.39 is 20.9 Å². The molecule has 3 aromatic rings. The summed E-state index contributed by atoms with van der Waals surface area (Å²) in [7, 11) is -3.85. The number of nitrogens with zero attached hydrogens (tertiary/aromatic N) is 1. The predicted molar refractivity (Wildman–Crippen MR) is 101 cm³/mol. The second-order valence-electron chi connectivity index (χ2n) is 5.93. The van der Waals surface area contributed by atoms with Gasteiger partial charge in [-0.15, -0.1) is 0 Å². The number of nitro groups is 1. The molecule has 0 aliphatic heterocycles. The van der Waals surface area contributed by atoms with Crippen molar-refractivity contribution in [3.8, 4) is 0 Å². The lowest BCUT2D eigenvalue weighted by Gasteiger charge is -2.08. The highest BCUT2D eigenvalue weighted by molar-refractivity contribution is 7.89. The number of ether oxygens (including phenoxy) is 1. The molecule has 9 nitrogen and oxygen atoms in total. The number of carbonyl (C=O) groups excluding carboxylic acids is 1. The first-order valence-electron chi connectivity index (χ1n) is 8.38. The second kappa shape index (κ2) is 8.67. The number of carbonyl (C=O) groups is 1. The predicted octanol–water partition coefficient (Wildman–Crippen LogP) is 3.02. The van der Waals surface area contributed by atoms with Crippen LogP contribution in [0.4, 0.5) is 5.69 Å². The average molecular weight is 416 g/mol. The minimum absolute atomic E-state index is 0.0237. The van der Waals surface area contributed by atoms with E-state index in [4.69, 9.17) is 9.15 Å². The lowest BCUT2D eigenvalue weighted by atomic mass is 10.2. The van der Waals surface area contributed by atoms with E-state index in [0.29, 0.717) is 11.3 Å². The van der Waals surface area contributed by atoms with Gasteiger partial charge in [-0.3, -0.25) is 10.1 Å². The SMILES string of the molecule is O=C(OCc1ccc([N+](=O)[O-])cc1)c1cccc(S(=O)(=O)NCc2ccco2)c1. The lowest BCUT2D eigenvalue weighted by molar-refractivity contribution is -0.384. The number of nitro benzene ring substituents is 1. The van der Waals surface area contributed by atoms with Crippen LogP contribution in [0.15, 0.2) is 76.2 Å². The fourth-order valence-electron chi connectivity index (χ4n) is 2.40. The summed E-state index contributed by atoms with van der Waals surface area (Å²) in [4.78, 5) is 22.3. The molecule has 2 aromatic carbocycles. The minimum Gasteiger partial charge on any atom is -0.468 e. The first-order chi connectivity index (χ1) is 13.8. The van der Waals surface area contributed by atoms with E-state index in [2.05, 4.69) is 4.72 Å². The molecule has 0 radical (unpaired) electrons. The van der Waals surface area contributed by atoms with Crippen molar-refractivity contribution in [1.29, 1.82) is 0 Å². The molecule has 0 unspecified atom stereocenters. The molecular formula is C19H16N2O7S. The van der Waals surface area contributed by atoms with Gasteiger partial charge in [0.15, 0.2) is 0 Å². The largest absolute Gasteiger partial charge is 0.468 e. The van der Waals surface area contributed by atoms with E-state index in [-0.39, 0.29) is 29.3 Å². The Morgan fingerprint density at radius 2 is 1.86 bits per heavy atom. The zero-order chi connectivity index (χ0) is 20.9. The van der Waals surface area contributed by atoms with Crippen molar-refractivity contribution in [3.05, 3.63) is 93.9 Å². The molecule has 0 saturated carbocycles. The number of rotatable bonds is 8. The lowest BCUT2D eigenvalue weighted by Crippen LogP contribution is -2.23. The summed E-state index contributed by atoms with van der Waals surface area (Å²) in [6.07, 6.45) is 1.44. The van der Waals surface area contributed by atoms with E-state index in [9.17, 15) is 23.3 Å². The summed E-state index contributed by atoms with van der Waals surface area (Å²) >= 11 is 0. The van der Waals surface area contributed by atoms with Gasteiger partial charge < -0.3 is 9.15 Å². The smallest absolute Gasteiger partial charge is 0.338 e. The monoisotopic (exact) mass is 416 g/mol. The highest BCUT2D eigenvalue weighted by Gasteiger charge is 2.17. The van der Waals surface area contributed by atoms with Crippen LogP contribution >= 0.6 is 0 Å². The van der Waals surface area contributed by atoms with Crippen LogP contribution in [0.25, 0.3) is 0 Å². The quantitative estimate of drug-likeness (QED) is 0.339. The van der Waals surface area contributed by atoms with Crippen LogP contribution in [0.5, 0.6) is 0 Å². The van der Waals surface area contributed by atoms with Crippen LogP contribution in [0, 0.1) is 10.1 Å². The normalized spacial score (nSPS) is 11.2. The molecule has 1 aromatic heterocycles. The highest BCUT2D eigenvalue weighted by atomic mass is 32.2. The van der Waals surface area contributed by atoms with Crippen molar-refractivity contribution in [2.45, 2.75) is 18.0 Å². The van der Waals surface area contributed by atoms with Crippen molar-refractivity contribution in [3.63, 3.8) is 0 Å². The maximum absolute atomic E-state index is 12.4. The molecule has 0 saturated heterocycles. The molecule has 0 aliphatic carbocycles. The number of esters is 1. The highest BCUT2D eigenvalue weighted by Crippen LogP contribution is 2.16. The summed E-state index contributed by atoms with van der Waals surface area (Å²) in [5.41, 5.74) is 0.556. The third-order valence-electron chi connectivity index (χ3n) is 3.91. The first-order valence-corrected chi connectivity index (χ1v) is 9.86. The Morgan fingerprint density at radius 1 is 1.10 bits per heavy atom. The minimum atomic E-state index is -3.85. The maximum atomic E-state index is 12.4. The van der Waals surface area contributed by atoms with Gasteiger partial charge in [-0.05, 0) is 48.0 Å². The maximum Gasteiger partial charge on any atom is 0.338 e. The van der Waals surface area contributed by atoms with Crippen LogP contribution in [-0.2, 0) is 27.9 Å². The number of furan rings is 1. The molecule has 3 rings (SSSR count). The van der Waals surface area contributed by atoms with Crippen LogP contribution in [0.2, 0.25) is 0 Å². The van der Waals surface area contributed by atoms with Gasteiger partial charge in [-0.1, -0.05) is 6.07 Å². The number of benzene rings is 2. The summed E-state index contributed by atoms with van der Waals surface area (Å²) in [5.74, 6) is -0.265. The van der Waals surface area contributed by atoms with Gasteiger partial charge in [0.25, 0.3) is 5.69 Å². The summed E-state index contributed by atoms with van der Waals surface area (Å²) < 4.78 is 37.4. The number of hydrogen-bond donors (Lipinski definition) is 1. The van der Waals surface area contributed by atoms with Crippen LogP contribution in [-0.4, -0.2) is 19.3 Å². The first kappa shape index (κ1) is 20.2. The van der Waals surface area contributed by atoms with Crippen molar-refractivity contribution in [2.75, 3.05) is 0 Å². The molecule has 0 aliphatic rings. The Kier molecular flexibility index (Phi) is 6.05. The zero-order valence-corrected chi connectivity index (χ0v) is 15.8. The fraction of sp³-hybridized carbons (Fsp3) is 0.105. The zero-order valence-electron chi connectivity index (χ0n) is 15.0. The Labute approximate surface area is 166 Å². The standard InChI is InChI=1S/C19H16N2O7S/c22-19(28-13-14-6-8-16(9-7-14)21(23)24)15-3-1-5-18(11-15)29(25,26)20-12-17-4-2-10-27-17/h1-11,20H,12-13H2. The molecule has 0 amide bonds. The van der Waals surface area contributed by atoms with Gasteiger partial charge in [-0.25, -0.2) is 17.9 Å². The van der Waals surface area contributed by atoms with E-state index in [1.54, 1.807) is 12.1 Å². The Bertz CT molecular complexity index is 1110. The Morgan fingerprint density at radius 3 is 2.52 bits per heavy atom. The third-order valence-corrected chi connectivity index (χ3v) is 5.31. The summed E-state index contributed by atoms with van der Waals surface area (Å²) in [6, 6.07) is 14.3. The van der Waals surface area contributed by atoms with Gasteiger partial charge in [0.1, 0.15) is 12.4 Å². The summed E-state index contributed by atoms with van der Waals surface area (Å²) in [5, 5.41) is 10.7. The summed E-state index contributed by atoms with van der Waals surface area (Å²) in [6.45, 7) is -0.130. The number of nitrogens with one attached hydrogen (secondary N) is 1. The number of non-ortho nitro benzene ring substituents is 1. The number of sulfonamides is 1. The molecule has 10 heteroatoms. The molecule has 29 heavy (non-hydrogen) atoms. The van der Waals surface area contributed by atoms with Gasteiger partial charge >= 0.3 is 5.97 Å². The van der Waals surface area contributed by atoms with Crippen molar-refractivity contribution in [1.82, 2.24) is 4.72 Å². The topological polar surface area (TPSA) is 129 Å². The molecule has 0 bridgehead atoms. The van der Waals surface area contributed by atoms with Crippen molar-refractivity contribution in [2.24, 2.45) is 0 Å².